The average molecular weight is 333 g/mol. The molecule has 0 fully saturated rings. The molecule has 0 radical (unpaired) electrons. The summed E-state index contributed by atoms with van der Waals surface area (Å²) >= 11 is 2.14. The van der Waals surface area contributed by atoms with Gasteiger partial charge in [0.05, 0.1) is 53.4 Å². The minimum atomic E-state index is 0. The third kappa shape index (κ3) is 10.3. The van der Waals surface area contributed by atoms with Gasteiger partial charge in [-0.25, -0.2) is 0 Å². The summed E-state index contributed by atoms with van der Waals surface area (Å²) in [7, 11) is 4.75. The Hall–Kier alpha value is 0.850. The highest BCUT2D eigenvalue weighted by molar-refractivity contribution is 7.99. The van der Waals surface area contributed by atoms with Crippen molar-refractivity contribution in [2.45, 2.75) is 27.7 Å². The van der Waals surface area contributed by atoms with Crippen molar-refractivity contribution in [3.05, 3.63) is 0 Å². The molecule has 0 bridgehead atoms. The standard InChI is InChI=1S/C14H34N2S.2ClH/c1-7-15(5,8-2)11-13-17-14-12-16(6,9-3)10-4;;/h7-14H2,1-6H3;2*1H/q+2;;/p-2. The molecule has 2 nitrogen and oxygen atoms in total. The van der Waals surface area contributed by atoms with Crippen LogP contribution in [0.15, 0.2) is 0 Å². The average Bonchev–Trinajstić information content (AvgIpc) is 2.37. The Labute approximate surface area is 138 Å². The molecule has 0 aromatic heterocycles. The van der Waals surface area contributed by atoms with Crippen molar-refractivity contribution >= 4 is 11.8 Å². The van der Waals surface area contributed by atoms with Crippen molar-refractivity contribution in [1.29, 1.82) is 0 Å². The van der Waals surface area contributed by atoms with E-state index in [0.29, 0.717) is 0 Å². The van der Waals surface area contributed by atoms with Crippen LogP contribution in [0.25, 0.3) is 0 Å². The molecule has 0 aliphatic carbocycles. The van der Waals surface area contributed by atoms with Gasteiger partial charge >= 0.3 is 0 Å². The highest BCUT2D eigenvalue weighted by Gasteiger charge is 2.17. The summed E-state index contributed by atoms with van der Waals surface area (Å²) in [5.41, 5.74) is 0. The summed E-state index contributed by atoms with van der Waals surface area (Å²) in [5, 5.41) is 0. The maximum atomic E-state index is 2.37. The van der Waals surface area contributed by atoms with Crippen LogP contribution in [0.2, 0.25) is 0 Å². The lowest BCUT2D eigenvalue weighted by Gasteiger charge is -2.33. The van der Waals surface area contributed by atoms with E-state index in [2.05, 4.69) is 53.6 Å². The Kier molecular flexibility index (Phi) is 16.4. The smallest absolute Gasteiger partial charge is 0.0876 e. The number of hydrogen-bond acceptors (Lipinski definition) is 1. The molecule has 0 saturated carbocycles. The summed E-state index contributed by atoms with van der Waals surface area (Å²) < 4.78 is 2.45. The van der Waals surface area contributed by atoms with Gasteiger partial charge in [-0.2, -0.15) is 11.8 Å². The van der Waals surface area contributed by atoms with Crippen LogP contribution in [0.4, 0.5) is 0 Å². The van der Waals surface area contributed by atoms with Crippen molar-refractivity contribution < 1.29 is 33.8 Å². The number of halogens is 2. The first-order valence-corrected chi connectivity index (χ1v) is 8.35. The van der Waals surface area contributed by atoms with E-state index in [1.807, 2.05) is 0 Å². The summed E-state index contributed by atoms with van der Waals surface area (Å²) in [4.78, 5) is 0. The molecule has 0 amide bonds. The lowest BCUT2D eigenvalue weighted by molar-refractivity contribution is -0.904. The Morgan fingerprint density at radius 3 is 1.11 bits per heavy atom. The van der Waals surface area contributed by atoms with Crippen molar-refractivity contribution in [2.75, 3.05) is 64.9 Å². The van der Waals surface area contributed by atoms with E-state index in [1.54, 1.807) is 0 Å². The summed E-state index contributed by atoms with van der Waals surface area (Å²) in [6, 6.07) is 0. The third-order valence-electron chi connectivity index (χ3n) is 4.60. The highest BCUT2D eigenvalue weighted by atomic mass is 35.5. The Balaban J connectivity index is -0.00000128. The van der Waals surface area contributed by atoms with Crippen molar-refractivity contribution in [3.8, 4) is 0 Å². The molecule has 0 unspecified atom stereocenters. The number of hydrogen-bond donors (Lipinski definition) is 0. The monoisotopic (exact) mass is 332 g/mol. The van der Waals surface area contributed by atoms with Gasteiger partial charge in [0, 0.05) is 11.5 Å². The second kappa shape index (κ2) is 12.6. The topological polar surface area (TPSA) is 0 Å². The van der Waals surface area contributed by atoms with Gasteiger partial charge in [0.15, 0.2) is 0 Å². The molecule has 0 rings (SSSR count). The molecule has 0 atom stereocenters. The van der Waals surface area contributed by atoms with E-state index in [0.717, 1.165) is 0 Å². The maximum Gasteiger partial charge on any atom is 0.0876 e. The van der Waals surface area contributed by atoms with E-state index < -0.39 is 0 Å². The first-order valence-electron chi connectivity index (χ1n) is 7.20. The van der Waals surface area contributed by atoms with Crippen molar-refractivity contribution in [3.63, 3.8) is 0 Å². The number of quaternary nitrogens is 2. The zero-order valence-electron chi connectivity index (χ0n) is 13.7. The molecule has 0 aliphatic rings. The Morgan fingerprint density at radius 2 is 0.895 bits per heavy atom. The summed E-state index contributed by atoms with van der Waals surface area (Å²) in [6.07, 6.45) is 0. The number of rotatable bonds is 10. The second-order valence-corrected chi connectivity index (χ2v) is 6.79. The molecule has 5 heteroatoms. The molecule has 0 N–H and O–H groups in total. The fourth-order valence-electron chi connectivity index (χ4n) is 1.75. The molecule has 0 spiro atoms. The van der Waals surface area contributed by atoms with Gasteiger partial charge in [0.2, 0.25) is 0 Å². The van der Waals surface area contributed by atoms with Crippen LogP contribution < -0.4 is 24.8 Å². The van der Waals surface area contributed by atoms with Crippen LogP contribution in [0, 0.1) is 0 Å². The van der Waals surface area contributed by atoms with Gasteiger partial charge in [-0.05, 0) is 27.7 Å². The van der Waals surface area contributed by atoms with Crippen molar-refractivity contribution in [1.82, 2.24) is 0 Å². The Bertz CT molecular complexity index is 176. The quantitative estimate of drug-likeness (QED) is 0.298. The fourth-order valence-corrected chi connectivity index (χ4v) is 3.10. The first kappa shape index (κ1) is 24.8. The first-order chi connectivity index (χ1) is 7.95. The van der Waals surface area contributed by atoms with Gasteiger partial charge in [0.1, 0.15) is 0 Å². The number of thioether (sulfide) groups is 1. The zero-order chi connectivity index (χ0) is 13.4. The third-order valence-corrected chi connectivity index (χ3v) is 5.55. The van der Waals surface area contributed by atoms with Crippen molar-refractivity contribution in [2.24, 2.45) is 0 Å². The zero-order valence-corrected chi connectivity index (χ0v) is 16.0. The normalized spacial score (nSPS) is 11.7. The molecule has 0 aromatic carbocycles. The molecule has 120 valence electrons. The molecular formula is C14H34Cl2N2S. The van der Waals surface area contributed by atoms with Gasteiger partial charge in [-0.1, -0.05) is 0 Å². The van der Waals surface area contributed by atoms with Crippen LogP contribution >= 0.6 is 11.8 Å². The van der Waals surface area contributed by atoms with E-state index in [-0.39, 0.29) is 24.8 Å². The molecule has 0 aliphatic heterocycles. The SMILES string of the molecule is CC[N+](C)(CC)CCSCC[N+](C)(CC)CC.[Cl-].[Cl-]. The van der Waals surface area contributed by atoms with Crippen LogP contribution in [0.3, 0.4) is 0 Å². The van der Waals surface area contributed by atoms with Gasteiger partial charge in [-0.3, -0.25) is 0 Å². The summed E-state index contributed by atoms with van der Waals surface area (Å²) in [5.74, 6) is 2.62. The van der Waals surface area contributed by atoms with E-state index in [4.69, 9.17) is 0 Å². The number of nitrogens with zero attached hydrogens (tertiary/aromatic N) is 2. The van der Waals surface area contributed by atoms with Crippen LogP contribution in [-0.4, -0.2) is 73.8 Å². The lowest BCUT2D eigenvalue weighted by Crippen LogP contribution is -3.00. The summed E-state index contributed by atoms with van der Waals surface area (Å²) in [6.45, 7) is 16.9. The molecule has 0 saturated heterocycles. The van der Waals surface area contributed by atoms with Crippen LogP contribution in [0.1, 0.15) is 27.7 Å². The lowest BCUT2D eigenvalue weighted by atomic mass is 10.4. The van der Waals surface area contributed by atoms with E-state index >= 15 is 0 Å². The molecular weight excluding hydrogens is 299 g/mol. The molecule has 19 heavy (non-hydrogen) atoms. The van der Waals surface area contributed by atoms with Gasteiger partial charge in [-0.15, -0.1) is 0 Å². The van der Waals surface area contributed by atoms with E-state index in [1.165, 1.54) is 59.7 Å². The van der Waals surface area contributed by atoms with Gasteiger partial charge in [0.25, 0.3) is 0 Å². The predicted molar refractivity (Wildman–Crippen MR) is 81.6 cm³/mol. The van der Waals surface area contributed by atoms with E-state index in [9.17, 15) is 0 Å². The minimum absolute atomic E-state index is 0. The molecule has 0 heterocycles. The minimum Gasteiger partial charge on any atom is -1.00 e. The van der Waals surface area contributed by atoms with Gasteiger partial charge < -0.3 is 33.8 Å². The Morgan fingerprint density at radius 1 is 0.632 bits per heavy atom. The maximum absolute atomic E-state index is 2.37. The highest BCUT2D eigenvalue weighted by Crippen LogP contribution is 2.09. The van der Waals surface area contributed by atoms with Crippen LogP contribution in [0.5, 0.6) is 0 Å². The fraction of sp³-hybridized carbons (Fsp3) is 1.00. The van der Waals surface area contributed by atoms with Crippen LogP contribution in [-0.2, 0) is 0 Å². The largest absolute Gasteiger partial charge is 1.00 e. The predicted octanol–water partition coefficient (Wildman–Crippen LogP) is -3.30. The second-order valence-electron chi connectivity index (χ2n) is 5.56. The molecule has 0 aromatic rings.